The van der Waals surface area contributed by atoms with Gasteiger partial charge in [-0.05, 0) is 31.7 Å². The number of rotatable bonds is 5. The molecule has 2 rings (SSSR count). The van der Waals surface area contributed by atoms with Gasteiger partial charge in [-0.15, -0.1) is 0 Å². The number of hydrogen-bond donors (Lipinski definition) is 1. The fourth-order valence-corrected chi connectivity index (χ4v) is 2.00. The van der Waals surface area contributed by atoms with Crippen LogP contribution in [0, 0.1) is 5.82 Å². The molecule has 1 aromatic carbocycles. The Morgan fingerprint density at radius 1 is 1.44 bits per heavy atom. The van der Waals surface area contributed by atoms with Crippen LogP contribution in [0.5, 0.6) is 0 Å². The summed E-state index contributed by atoms with van der Waals surface area (Å²) in [6.45, 7) is 2.81. The van der Waals surface area contributed by atoms with Crippen LogP contribution in [0.15, 0.2) is 30.6 Å². The number of aryl methyl sites for hydroxylation is 1. The molecule has 1 atom stereocenters. The van der Waals surface area contributed by atoms with Crippen molar-refractivity contribution in [3.8, 4) is 0 Å². The average molecular weight is 248 g/mol. The van der Waals surface area contributed by atoms with Crippen LogP contribution in [0.25, 0.3) is 0 Å². The normalized spacial score (nSPS) is 12.6. The molecule has 0 saturated carbocycles. The third kappa shape index (κ3) is 2.73. The summed E-state index contributed by atoms with van der Waals surface area (Å²) in [7, 11) is 1.86. The van der Waals surface area contributed by atoms with E-state index >= 15 is 0 Å². The number of aromatic nitrogens is 3. The van der Waals surface area contributed by atoms with Crippen molar-refractivity contribution in [1.29, 1.82) is 0 Å². The molecule has 0 radical (unpaired) electrons. The monoisotopic (exact) mass is 248 g/mol. The van der Waals surface area contributed by atoms with E-state index in [4.69, 9.17) is 0 Å². The molecule has 5 heteroatoms. The van der Waals surface area contributed by atoms with Crippen molar-refractivity contribution in [2.45, 2.75) is 25.9 Å². The highest BCUT2D eigenvalue weighted by molar-refractivity contribution is 5.21. The molecule has 0 aliphatic carbocycles. The molecule has 0 aliphatic rings. The van der Waals surface area contributed by atoms with Crippen molar-refractivity contribution in [3.05, 3.63) is 47.8 Å². The molecule has 0 spiro atoms. The van der Waals surface area contributed by atoms with E-state index in [2.05, 4.69) is 15.4 Å². The molecular weight excluding hydrogens is 231 g/mol. The summed E-state index contributed by atoms with van der Waals surface area (Å²) < 4.78 is 15.1. The Labute approximate surface area is 106 Å². The van der Waals surface area contributed by atoms with Gasteiger partial charge in [-0.25, -0.2) is 9.37 Å². The first-order valence-corrected chi connectivity index (χ1v) is 6.04. The van der Waals surface area contributed by atoms with E-state index in [1.807, 2.05) is 24.7 Å². The first-order chi connectivity index (χ1) is 8.74. The number of nitrogens with zero attached hydrogens (tertiary/aromatic N) is 3. The minimum atomic E-state index is -0.218. The minimum absolute atomic E-state index is 0.0372. The van der Waals surface area contributed by atoms with Gasteiger partial charge in [0.15, 0.2) is 0 Å². The molecule has 0 bridgehead atoms. The number of benzene rings is 1. The Balaban J connectivity index is 2.20. The molecule has 0 saturated heterocycles. The van der Waals surface area contributed by atoms with Crippen LogP contribution in [0.1, 0.15) is 24.4 Å². The molecular formula is C13H17FN4. The SMILES string of the molecule is CCn1ncnc1CC(NC)c1cccc(F)c1. The van der Waals surface area contributed by atoms with Gasteiger partial charge >= 0.3 is 0 Å². The van der Waals surface area contributed by atoms with Gasteiger partial charge in [0.1, 0.15) is 18.0 Å². The van der Waals surface area contributed by atoms with Crippen LogP contribution in [-0.4, -0.2) is 21.8 Å². The van der Waals surface area contributed by atoms with E-state index in [0.29, 0.717) is 6.42 Å². The highest BCUT2D eigenvalue weighted by atomic mass is 19.1. The van der Waals surface area contributed by atoms with Crippen LogP contribution < -0.4 is 5.32 Å². The van der Waals surface area contributed by atoms with E-state index in [9.17, 15) is 4.39 Å². The highest BCUT2D eigenvalue weighted by Gasteiger charge is 2.14. The lowest BCUT2D eigenvalue weighted by Crippen LogP contribution is -2.21. The Morgan fingerprint density at radius 3 is 2.94 bits per heavy atom. The second-order valence-electron chi connectivity index (χ2n) is 4.09. The number of hydrogen-bond acceptors (Lipinski definition) is 3. The van der Waals surface area contributed by atoms with E-state index in [-0.39, 0.29) is 11.9 Å². The third-order valence-electron chi connectivity index (χ3n) is 2.98. The van der Waals surface area contributed by atoms with Gasteiger partial charge in [0, 0.05) is 19.0 Å². The topological polar surface area (TPSA) is 42.7 Å². The fourth-order valence-electron chi connectivity index (χ4n) is 2.00. The number of nitrogens with one attached hydrogen (secondary N) is 1. The maximum atomic E-state index is 13.2. The lowest BCUT2D eigenvalue weighted by Gasteiger charge is -2.16. The summed E-state index contributed by atoms with van der Waals surface area (Å²) in [4.78, 5) is 4.24. The standard InChI is InChI=1S/C13H17FN4/c1-3-18-13(16-9-17-18)8-12(15-2)10-5-4-6-11(14)7-10/h4-7,9,12,15H,3,8H2,1-2H3. The summed E-state index contributed by atoms with van der Waals surface area (Å²) in [5, 5.41) is 7.32. The minimum Gasteiger partial charge on any atom is -0.313 e. The second-order valence-corrected chi connectivity index (χ2v) is 4.09. The van der Waals surface area contributed by atoms with Crippen molar-refractivity contribution >= 4 is 0 Å². The van der Waals surface area contributed by atoms with Crippen LogP contribution >= 0.6 is 0 Å². The molecule has 1 aromatic heterocycles. The Bertz CT molecular complexity index is 509. The van der Waals surface area contributed by atoms with Crippen LogP contribution in [0.4, 0.5) is 4.39 Å². The Kier molecular flexibility index (Phi) is 4.04. The van der Waals surface area contributed by atoms with Crippen molar-refractivity contribution < 1.29 is 4.39 Å². The molecule has 2 aromatic rings. The van der Waals surface area contributed by atoms with Gasteiger partial charge in [-0.3, -0.25) is 4.68 Å². The smallest absolute Gasteiger partial charge is 0.138 e. The number of halogens is 1. The summed E-state index contributed by atoms with van der Waals surface area (Å²) in [5.41, 5.74) is 0.920. The second kappa shape index (κ2) is 5.73. The van der Waals surface area contributed by atoms with Crippen LogP contribution in [0.3, 0.4) is 0 Å². The van der Waals surface area contributed by atoms with Gasteiger partial charge in [0.25, 0.3) is 0 Å². The largest absolute Gasteiger partial charge is 0.313 e. The van der Waals surface area contributed by atoms with Crippen molar-refractivity contribution in [2.24, 2.45) is 0 Å². The maximum Gasteiger partial charge on any atom is 0.138 e. The van der Waals surface area contributed by atoms with E-state index in [1.54, 1.807) is 18.5 Å². The summed E-state index contributed by atoms with van der Waals surface area (Å²) in [6, 6.07) is 6.67. The van der Waals surface area contributed by atoms with Gasteiger partial charge in [0.2, 0.25) is 0 Å². The van der Waals surface area contributed by atoms with E-state index < -0.39 is 0 Å². The summed E-state index contributed by atoms with van der Waals surface area (Å²) in [5.74, 6) is 0.686. The van der Waals surface area contributed by atoms with Crippen molar-refractivity contribution in [1.82, 2.24) is 20.1 Å². The fraction of sp³-hybridized carbons (Fsp3) is 0.385. The lowest BCUT2D eigenvalue weighted by atomic mass is 10.0. The average Bonchev–Trinajstić information content (AvgIpc) is 2.83. The quantitative estimate of drug-likeness (QED) is 0.879. The van der Waals surface area contributed by atoms with Crippen LogP contribution in [-0.2, 0) is 13.0 Å². The summed E-state index contributed by atoms with van der Waals surface area (Å²) in [6.07, 6.45) is 2.24. The Morgan fingerprint density at radius 2 is 2.28 bits per heavy atom. The number of likely N-dealkylation sites (N-methyl/N-ethyl adjacent to an activating group) is 1. The van der Waals surface area contributed by atoms with Crippen LogP contribution in [0.2, 0.25) is 0 Å². The van der Waals surface area contributed by atoms with Gasteiger partial charge in [-0.1, -0.05) is 12.1 Å². The molecule has 1 heterocycles. The Hall–Kier alpha value is -1.75. The molecule has 96 valence electrons. The zero-order valence-corrected chi connectivity index (χ0v) is 10.6. The van der Waals surface area contributed by atoms with Crippen molar-refractivity contribution in [2.75, 3.05) is 7.05 Å². The highest BCUT2D eigenvalue weighted by Crippen LogP contribution is 2.17. The first kappa shape index (κ1) is 12.7. The molecule has 4 nitrogen and oxygen atoms in total. The first-order valence-electron chi connectivity index (χ1n) is 6.04. The summed E-state index contributed by atoms with van der Waals surface area (Å²) >= 11 is 0. The molecule has 0 amide bonds. The lowest BCUT2D eigenvalue weighted by molar-refractivity contribution is 0.529. The van der Waals surface area contributed by atoms with Crippen molar-refractivity contribution in [3.63, 3.8) is 0 Å². The molecule has 0 fully saturated rings. The molecule has 1 N–H and O–H groups in total. The molecule has 18 heavy (non-hydrogen) atoms. The van der Waals surface area contributed by atoms with E-state index in [0.717, 1.165) is 17.9 Å². The predicted molar refractivity (Wildman–Crippen MR) is 67.6 cm³/mol. The van der Waals surface area contributed by atoms with Gasteiger partial charge in [-0.2, -0.15) is 5.10 Å². The third-order valence-corrected chi connectivity index (χ3v) is 2.98. The van der Waals surface area contributed by atoms with Gasteiger partial charge < -0.3 is 5.32 Å². The van der Waals surface area contributed by atoms with Gasteiger partial charge in [0.05, 0.1) is 0 Å². The molecule has 1 unspecified atom stereocenters. The predicted octanol–water partition coefficient (Wildman–Crippen LogP) is 1.94. The zero-order valence-electron chi connectivity index (χ0n) is 10.6. The van der Waals surface area contributed by atoms with E-state index in [1.165, 1.54) is 6.07 Å². The molecule has 0 aliphatic heterocycles. The maximum absolute atomic E-state index is 13.2. The zero-order chi connectivity index (χ0) is 13.0.